The van der Waals surface area contributed by atoms with E-state index >= 15 is 4.39 Å². The molecule has 7 heteroatoms. The Kier molecular flexibility index (Phi) is 3.85. The summed E-state index contributed by atoms with van der Waals surface area (Å²) in [6, 6.07) is 0. The van der Waals surface area contributed by atoms with Gasteiger partial charge in [0.1, 0.15) is 5.67 Å². The fourth-order valence-electron chi connectivity index (χ4n) is 8.01. The maximum atomic E-state index is 15.9. The first-order valence-corrected chi connectivity index (χ1v) is 9.66. The highest BCUT2D eigenvalue weighted by Crippen LogP contribution is 2.76. The van der Waals surface area contributed by atoms with Gasteiger partial charge in [-0.25, -0.2) is 4.39 Å². The molecule has 26 heavy (non-hydrogen) atoms. The second-order valence-electron chi connectivity index (χ2n) is 9.31. The fourth-order valence-corrected chi connectivity index (χ4v) is 8.01. The maximum Gasteiger partial charge on any atom is 0.400 e. The van der Waals surface area contributed by atoms with Crippen molar-refractivity contribution < 1.29 is 30.7 Å². The quantitative estimate of drug-likeness (QED) is 0.388. The van der Waals surface area contributed by atoms with Gasteiger partial charge in [0.25, 0.3) is 0 Å². The zero-order valence-electron chi connectivity index (χ0n) is 15.0. The number of alkyl halides is 7. The van der Waals surface area contributed by atoms with Crippen LogP contribution in [0.2, 0.25) is 0 Å². The van der Waals surface area contributed by atoms with Gasteiger partial charge in [0.2, 0.25) is 0 Å². The second kappa shape index (κ2) is 5.31. The van der Waals surface area contributed by atoms with Crippen LogP contribution in [-0.4, -0.2) is 18.0 Å². The van der Waals surface area contributed by atoms with Crippen molar-refractivity contribution in [3.63, 3.8) is 0 Å². The first-order valence-electron chi connectivity index (χ1n) is 9.66. The Labute approximate surface area is 148 Å². The average molecular weight is 386 g/mol. The van der Waals surface area contributed by atoms with Crippen molar-refractivity contribution in [3.8, 4) is 0 Å². The van der Waals surface area contributed by atoms with Gasteiger partial charge in [-0.2, -0.15) is 26.3 Å². The summed E-state index contributed by atoms with van der Waals surface area (Å²) in [6.07, 6.45) is -10.2. The molecule has 0 aromatic heterocycles. The minimum Gasteiger partial charge on any atom is -0.243 e. The van der Waals surface area contributed by atoms with E-state index in [1.54, 1.807) is 0 Å². The first-order chi connectivity index (χ1) is 11.8. The van der Waals surface area contributed by atoms with Crippen molar-refractivity contribution in [2.45, 2.75) is 58.1 Å². The Morgan fingerprint density at radius 3 is 1.81 bits per heavy atom. The molecule has 0 nitrogen and oxygen atoms in total. The van der Waals surface area contributed by atoms with Gasteiger partial charge in [-0.05, 0) is 66.6 Å². The summed E-state index contributed by atoms with van der Waals surface area (Å²) in [5, 5.41) is 0. The van der Waals surface area contributed by atoms with E-state index in [9.17, 15) is 26.3 Å². The second-order valence-corrected chi connectivity index (χ2v) is 9.31. The molecular formula is C19H25F7. The van der Waals surface area contributed by atoms with Crippen molar-refractivity contribution in [2.24, 2.45) is 59.2 Å². The van der Waals surface area contributed by atoms with Crippen LogP contribution in [0.1, 0.15) is 40.0 Å². The Morgan fingerprint density at radius 2 is 1.35 bits per heavy atom. The molecule has 150 valence electrons. The summed E-state index contributed by atoms with van der Waals surface area (Å²) in [4.78, 5) is 0. The molecule has 4 saturated carbocycles. The van der Waals surface area contributed by atoms with E-state index in [0.29, 0.717) is 11.8 Å². The van der Waals surface area contributed by atoms with Gasteiger partial charge in [0.05, 0.1) is 0 Å². The van der Waals surface area contributed by atoms with Crippen LogP contribution < -0.4 is 0 Å². The van der Waals surface area contributed by atoms with Crippen molar-refractivity contribution in [1.82, 2.24) is 0 Å². The molecule has 4 aliphatic rings. The molecule has 10 unspecified atom stereocenters. The first kappa shape index (κ1) is 18.9. The lowest BCUT2D eigenvalue weighted by atomic mass is 9.55. The van der Waals surface area contributed by atoms with E-state index in [0.717, 1.165) is 6.42 Å². The van der Waals surface area contributed by atoms with Crippen molar-refractivity contribution in [3.05, 3.63) is 0 Å². The van der Waals surface area contributed by atoms with Gasteiger partial charge >= 0.3 is 12.4 Å². The van der Waals surface area contributed by atoms with Crippen LogP contribution in [0, 0.1) is 59.2 Å². The fraction of sp³-hybridized carbons (Fsp3) is 1.00. The largest absolute Gasteiger partial charge is 0.400 e. The number of rotatable bonds is 2. The van der Waals surface area contributed by atoms with Gasteiger partial charge in [-0.15, -0.1) is 0 Å². The predicted octanol–water partition coefficient (Wildman–Crippen LogP) is 6.27. The van der Waals surface area contributed by atoms with Crippen LogP contribution in [0.15, 0.2) is 0 Å². The number of hydrogen-bond acceptors (Lipinski definition) is 0. The third-order valence-corrected chi connectivity index (χ3v) is 8.88. The molecule has 0 saturated heterocycles. The molecule has 10 atom stereocenters. The molecule has 4 aliphatic carbocycles. The minimum atomic E-state index is -5.47. The van der Waals surface area contributed by atoms with E-state index in [2.05, 4.69) is 13.8 Å². The van der Waals surface area contributed by atoms with Crippen LogP contribution >= 0.6 is 0 Å². The molecule has 0 spiro atoms. The summed E-state index contributed by atoms with van der Waals surface area (Å²) in [6.45, 7) is 5.57. The Hall–Kier alpha value is -0.490. The SMILES string of the molecule is CCC1(F)C2CC(C3C4CC(C(C)C4C)C32)C1C(C(F)(F)F)C(F)(F)F. The van der Waals surface area contributed by atoms with E-state index in [1.165, 1.54) is 6.92 Å². The minimum absolute atomic E-state index is 0.0282. The number of halogens is 7. The summed E-state index contributed by atoms with van der Waals surface area (Å²) < 4.78 is 96.6. The molecule has 4 rings (SSSR count). The highest BCUT2D eigenvalue weighted by molar-refractivity contribution is 5.22. The van der Waals surface area contributed by atoms with Gasteiger partial charge < -0.3 is 0 Å². The Balaban J connectivity index is 1.78. The number of hydrogen-bond donors (Lipinski definition) is 0. The molecule has 0 heterocycles. The molecule has 0 aromatic rings. The molecule has 0 aromatic carbocycles. The van der Waals surface area contributed by atoms with Crippen LogP contribution in [-0.2, 0) is 0 Å². The van der Waals surface area contributed by atoms with Gasteiger partial charge in [-0.3, -0.25) is 0 Å². The van der Waals surface area contributed by atoms with E-state index in [4.69, 9.17) is 0 Å². The highest BCUT2D eigenvalue weighted by atomic mass is 19.4. The molecule has 0 N–H and O–H groups in total. The molecule has 4 bridgehead atoms. The summed E-state index contributed by atoms with van der Waals surface area (Å²) >= 11 is 0. The lowest BCUT2D eigenvalue weighted by molar-refractivity contribution is -0.318. The third-order valence-electron chi connectivity index (χ3n) is 8.88. The molecule has 0 amide bonds. The standard InChI is InChI=1S/C19H25F7/c1-4-17(20)12-6-11(15(17)16(18(21,22)23)19(24,25)26)13-9-5-10(14(12)13)8(3)7(9)2/h7-16H,4-6H2,1-3H3. The molecular weight excluding hydrogens is 361 g/mol. The van der Waals surface area contributed by atoms with Gasteiger partial charge in [-0.1, -0.05) is 20.8 Å². The zero-order valence-corrected chi connectivity index (χ0v) is 15.0. The van der Waals surface area contributed by atoms with Crippen LogP contribution in [0.5, 0.6) is 0 Å². The monoisotopic (exact) mass is 386 g/mol. The molecule has 4 fully saturated rings. The van der Waals surface area contributed by atoms with E-state index in [1.807, 2.05) is 0 Å². The lowest BCUT2D eigenvalue weighted by Crippen LogP contribution is -2.57. The van der Waals surface area contributed by atoms with Crippen molar-refractivity contribution in [2.75, 3.05) is 0 Å². The summed E-state index contributed by atoms with van der Waals surface area (Å²) in [5.74, 6) is -6.09. The molecule has 0 aliphatic heterocycles. The predicted molar refractivity (Wildman–Crippen MR) is 81.7 cm³/mol. The van der Waals surface area contributed by atoms with Gasteiger partial charge in [0.15, 0.2) is 5.92 Å². The van der Waals surface area contributed by atoms with Crippen molar-refractivity contribution in [1.29, 1.82) is 0 Å². The normalized spacial score (nSPS) is 53.0. The van der Waals surface area contributed by atoms with Crippen LogP contribution in [0.4, 0.5) is 30.7 Å². The van der Waals surface area contributed by atoms with E-state index < -0.39 is 41.7 Å². The van der Waals surface area contributed by atoms with E-state index in [-0.39, 0.29) is 36.5 Å². The molecule has 0 radical (unpaired) electrons. The maximum absolute atomic E-state index is 15.9. The summed E-state index contributed by atoms with van der Waals surface area (Å²) in [5.41, 5.74) is -2.37. The highest BCUT2D eigenvalue weighted by Gasteiger charge is 2.78. The van der Waals surface area contributed by atoms with Gasteiger partial charge in [0, 0.05) is 5.92 Å². The van der Waals surface area contributed by atoms with Crippen LogP contribution in [0.25, 0.3) is 0 Å². The number of fused-ring (bicyclic) bond motifs is 9. The topological polar surface area (TPSA) is 0 Å². The van der Waals surface area contributed by atoms with Crippen molar-refractivity contribution >= 4 is 0 Å². The smallest absolute Gasteiger partial charge is 0.243 e. The third kappa shape index (κ3) is 2.15. The Morgan fingerprint density at radius 1 is 0.846 bits per heavy atom. The lowest BCUT2D eigenvalue weighted by Gasteiger charge is -2.51. The summed E-state index contributed by atoms with van der Waals surface area (Å²) in [7, 11) is 0. The average Bonchev–Trinajstić information content (AvgIpc) is 3.18. The zero-order chi connectivity index (χ0) is 19.4. The van der Waals surface area contributed by atoms with Crippen LogP contribution in [0.3, 0.4) is 0 Å². The Bertz CT molecular complexity index is 567.